The van der Waals surface area contributed by atoms with Crippen LogP contribution in [0, 0.1) is 0 Å². The summed E-state index contributed by atoms with van der Waals surface area (Å²) in [4.78, 5) is 0. The third kappa shape index (κ3) is 2.99. The van der Waals surface area contributed by atoms with Gasteiger partial charge >= 0.3 is 0 Å². The normalized spacial score (nSPS) is 14.8. The van der Waals surface area contributed by atoms with Gasteiger partial charge in [0.25, 0.3) is 0 Å². The third-order valence-corrected chi connectivity index (χ3v) is 4.10. The molecule has 0 unspecified atom stereocenters. The quantitative estimate of drug-likeness (QED) is 0.880. The predicted octanol–water partition coefficient (Wildman–Crippen LogP) is 3.62. The maximum Gasteiger partial charge on any atom is 0.0444 e. The predicted molar refractivity (Wildman–Crippen MR) is 81.0 cm³/mol. The molecule has 19 heavy (non-hydrogen) atoms. The Labute approximate surface area is 119 Å². The average molecular weight is 272 g/mol. The number of fused-ring (bicyclic) bond motifs is 1. The highest BCUT2D eigenvalue weighted by atomic mass is 35.5. The minimum Gasteiger partial charge on any atom is -0.316 e. The molecule has 98 valence electrons. The molecule has 2 aromatic rings. The highest BCUT2D eigenvalue weighted by Crippen LogP contribution is 2.25. The van der Waals surface area contributed by atoms with Gasteiger partial charge in [-0.2, -0.15) is 0 Å². The first-order valence-corrected chi connectivity index (χ1v) is 7.25. The van der Waals surface area contributed by atoms with E-state index in [9.17, 15) is 0 Å². The molecule has 1 N–H and O–H groups in total. The van der Waals surface area contributed by atoms with Gasteiger partial charge in [0.2, 0.25) is 0 Å². The molecule has 1 heterocycles. The van der Waals surface area contributed by atoms with Crippen LogP contribution in [0.4, 0.5) is 0 Å². The summed E-state index contributed by atoms with van der Waals surface area (Å²) in [5.41, 5.74) is 5.43. The highest BCUT2D eigenvalue weighted by molar-refractivity contribution is 6.31. The van der Waals surface area contributed by atoms with Crippen LogP contribution in [-0.4, -0.2) is 13.1 Å². The monoisotopic (exact) mass is 271 g/mol. The Morgan fingerprint density at radius 1 is 0.947 bits per heavy atom. The minimum absolute atomic E-state index is 0.907. The molecule has 0 saturated heterocycles. The first-order chi connectivity index (χ1) is 9.33. The van der Waals surface area contributed by atoms with Crippen molar-refractivity contribution in [3.63, 3.8) is 0 Å². The number of halogens is 1. The fourth-order valence-corrected chi connectivity index (χ4v) is 2.95. The van der Waals surface area contributed by atoms with Crippen LogP contribution in [0.1, 0.15) is 22.3 Å². The van der Waals surface area contributed by atoms with Crippen molar-refractivity contribution in [2.75, 3.05) is 13.1 Å². The first-order valence-electron chi connectivity index (χ1n) is 6.88. The fraction of sp³-hybridized carbons (Fsp3) is 0.294. The molecule has 0 bridgehead atoms. The topological polar surface area (TPSA) is 12.0 Å². The van der Waals surface area contributed by atoms with E-state index in [2.05, 4.69) is 41.7 Å². The summed E-state index contributed by atoms with van der Waals surface area (Å²) in [5.74, 6) is 0. The Morgan fingerprint density at radius 3 is 2.37 bits per heavy atom. The van der Waals surface area contributed by atoms with E-state index in [4.69, 9.17) is 11.6 Å². The van der Waals surface area contributed by atoms with Gasteiger partial charge in [0.15, 0.2) is 0 Å². The maximum atomic E-state index is 6.44. The van der Waals surface area contributed by atoms with Gasteiger partial charge in [-0.05, 0) is 60.7 Å². The summed E-state index contributed by atoms with van der Waals surface area (Å²) in [6, 6.07) is 15.0. The second-order valence-corrected chi connectivity index (χ2v) is 5.53. The smallest absolute Gasteiger partial charge is 0.0444 e. The Hall–Kier alpha value is -1.31. The van der Waals surface area contributed by atoms with Crippen molar-refractivity contribution in [3.05, 3.63) is 69.7 Å². The SMILES string of the molecule is Clc1cc2c(cc1Cc1ccccc1)CCNCC2. The molecule has 0 amide bonds. The van der Waals surface area contributed by atoms with Crippen molar-refractivity contribution in [2.24, 2.45) is 0 Å². The van der Waals surface area contributed by atoms with Crippen LogP contribution in [0.25, 0.3) is 0 Å². The molecule has 0 atom stereocenters. The summed E-state index contributed by atoms with van der Waals surface area (Å²) in [7, 11) is 0. The molecule has 1 nitrogen and oxygen atoms in total. The van der Waals surface area contributed by atoms with Gasteiger partial charge in [-0.15, -0.1) is 0 Å². The molecule has 0 aromatic heterocycles. The van der Waals surface area contributed by atoms with Gasteiger partial charge < -0.3 is 5.32 Å². The zero-order chi connectivity index (χ0) is 13.1. The van der Waals surface area contributed by atoms with Crippen molar-refractivity contribution < 1.29 is 0 Å². The summed E-state index contributed by atoms with van der Waals surface area (Å²) in [6.45, 7) is 2.13. The summed E-state index contributed by atoms with van der Waals surface area (Å²) < 4.78 is 0. The molecular weight excluding hydrogens is 254 g/mol. The van der Waals surface area contributed by atoms with E-state index in [0.717, 1.165) is 37.4 Å². The first kappa shape index (κ1) is 12.7. The van der Waals surface area contributed by atoms with Crippen molar-refractivity contribution >= 4 is 11.6 Å². The molecular formula is C17H18ClN. The number of nitrogens with one attached hydrogen (secondary N) is 1. The van der Waals surface area contributed by atoms with Crippen molar-refractivity contribution in [1.82, 2.24) is 5.32 Å². The van der Waals surface area contributed by atoms with Crippen LogP contribution in [0.15, 0.2) is 42.5 Å². The van der Waals surface area contributed by atoms with Gasteiger partial charge in [0.1, 0.15) is 0 Å². The molecule has 0 saturated carbocycles. The molecule has 0 aliphatic carbocycles. The van der Waals surface area contributed by atoms with Crippen molar-refractivity contribution in [3.8, 4) is 0 Å². The van der Waals surface area contributed by atoms with E-state index in [1.165, 1.54) is 22.3 Å². The molecule has 0 spiro atoms. The molecule has 2 heteroatoms. The lowest BCUT2D eigenvalue weighted by Crippen LogP contribution is -2.16. The number of rotatable bonds is 2. The van der Waals surface area contributed by atoms with Gasteiger partial charge in [0, 0.05) is 5.02 Å². The highest BCUT2D eigenvalue weighted by Gasteiger charge is 2.11. The standard InChI is InChI=1S/C17H18ClN/c18-17-12-15-7-9-19-8-6-14(15)11-16(17)10-13-4-2-1-3-5-13/h1-5,11-12,19H,6-10H2. The average Bonchev–Trinajstić information content (AvgIpc) is 2.65. The van der Waals surface area contributed by atoms with Gasteiger partial charge in [-0.3, -0.25) is 0 Å². The number of hydrogen-bond donors (Lipinski definition) is 1. The molecule has 1 aliphatic heterocycles. The molecule has 0 fully saturated rings. The van der Waals surface area contributed by atoms with Gasteiger partial charge in [-0.25, -0.2) is 0 Å². The molecule has 3 rings (SSSR count). The minimum atomic E-state index is 0.907. The van der Waals surface area contributed by atoms with Crippen molar-refractivity contribution in [1.29, 1.82) is 0 Å². The van der Waals surface area contributed by atoms with E-state index in [1.807, 2.05) is 6.07 Å². The second-order valence-electron chi connectivity index (χ2n) is 5.12. The Bertz CT molecular complexity index is 563. The molecule has 1 aliphatic rings. The lowest BCUT2D eigenvalue weighted by atomic mass is 9.96. The maximum absolute atomic E-state index is 6.44. The van der Waals surface area contributed by atoms with E-state index in [-0.39, 0.29) is 0 Å². The van der Waals surface area contributed by atoms with Crippen LogP contribution < -0.4 is 5.32 Å². The third-order valence-electron chi connectivity index (χ3n) is 3.75. The van der Waals surface area contributed by atoms with Crippen LogP contribution in [-0.2, 0) is 19.3 Å². The van der Waals surface area contributed by atoms with Crippen molar-refractivity contribution in [2.45, 2.75) is 19.3 Å². The number of hydrogen-bond acceptors (Lipinski definition) is 1. The van der Waals surface area contributed by atoms with E-state index in [0.29, 0.717) is 0 Å². The zero-order valence-electron chi connectivity index (χ0n) is 11.0. The van der Waals surface area contributed by atoms with Gasteiger partial charge in [-0.1, -0.05) is 48.0 Å². The van der Waals surface area contributed by atoms with Crippen LogP contribution >= 0.6 is 11.6 Å². The van der Waals surface area contributed by atoms with E-state index >= 15 is 0 Å². The van der Waals surface area contributed by atoms with E-state index < -0.39 is 0 Å². The second kappa shape index (κ2) is 5.77. The van der Waals surface area contributed by atoms with Gasteiger partial charge in [0.05, 0.1) is 0 Å². The summed E-state index contributed by atoms with van der Waals surface area (Å²) in [5, 5.41) is 4.35. The summed E-state index contributed by atoms with van der Waals surface area (Å²) in [6.07, 6.45) is 3.11. The van der Waals surface area contributed by atoms with Crippen LogP contribution in [0.3, 0.4) is 0 Å². The molecule has 0 radical (unpaired) electrons. The number of benzene rings is 2. The Balaban J connectivity index is 1.91. The summed E-state index contributed by atoms with van der Waals surface area (Å²) >= 11 is 6.44. The molecule has 2 aromatic carbocycles. The van der Waals surface area contributed by atoms with Crippen LogP contribution in [0.5, 0.6) is 0 Å². The van der Waals surface area contributed by atoms with Crippen LogP contribution in [0.2, 0.25) is 5.02 Å². The zero-order valence-corrected chi connectivity index (χ0v) is 11.7. The Kier molecular flexibility index (Phi) is 3.86. The van der Waals surface area contributed by atoms with E-state index in [1.54, 1.807) is 0 Å². The lowest BCUT2D eigenvalue weighted by molar-refractivity contribution is 0.711. The largest absolute Gasteiger partial charge is 0.316 e. The fourth-order valence-electron chi connectivity index (χ4n) is 2.70. The Morgan fingerprint density at radius 2 is 1.63 bits per heavy atom. The lowest BCUT2D eigenvalue weighted by Gasteiger charge is -2.11.